The van der Waals surface area contributed by atoms with Gasteiger partial charge in [-0.05, 0) is 49.8 Å². The number of nitrogens with zero attached hydrogens (tertiary/aromatic N) is 1. The highest BCUT2D eigenvalue weighted by Gasteiger charge is 2.33. The zero-order valence-corrected chi connectivity index (χ0v) is 20.8. The van der Waals surface area contributed by atoms with Gasteiger partial charge in [-0.2, -0.15) is 0 Å². The summed E-state index contributed by atoms with van der Waals surface area (Å²) in [5.41, 5.74) is 0.886. The minimum Gasteiger partial charge on any atom is -0.497 e. The summed E-state index contributed by atoms with van der Waals surface area (Å²) in [5, 5.41) is 9.66. The summed E-state index contributed by atoms with van der Waals surface area (Å²) in [6.45, 7) is 5.64. The van der Waals surface area contributed by atoms with E-state index in [9.17, 15) is 4.79 Å². The Morgan fingerprint density at radius 3 is 2.57 bits per heavy atom. The summed E-state index contributed by atoms with van der Waals surface area (Å²) in [5.74, 6) is 1.32. The predicted octanol–water partition coefficient (Wildman–Crippen LogP) is 3.20. The number of ether oxygens (including phenoxy) is 2. The van der Waals surface area contributed by atoms with Gasteiger partial charge in [0.25, 0.3) is 5.91 Å². The van der Waals surface area contributed by atoms with E-state index in [1.807, 2.05) is 19.1 Å². The van der Waals surface area contributed by atoms with E-state index in [0.29, 0.717) is 29.8 Å². The lowest BCUT2D eigenvalue weighted by Crippen LogP contribution is -2.45. The van der Waals surface area contributed by atoms with E-state index in [2.05, 4.69) is 20.9 Å². The van der Waals surface area contributed by atoms with Crippen LogP contribution < -0.4 is 20.7 Å². The third-order valence-corrected chi connectivity index (χ3v) is 5.53. The van der Waals surface area contributed by atoms with Gasteiger partial charge in [0.2, 0.25) is 0 Å². The first-order valence-corrected chi connectivity index (χ1v) is 10.6. The molecular formula is C22H37IN4O3. The number of rotatable bonds is 11. The van der Waals surface area contributed by atoms with Gasteiger partial charge < -0.3 is 25.4 Å². The Morgan fingerprint density at radius 2 is 1.90 bits per heavy atom. The lowest BCUT2D eigenvalue weighted by molar-refractivity contribution is 0.0954. The Bertz CT molecular complexity index is 664. The van der Waals surface area contributed by atoms with Crippen LogP contribution >= 0.6 is 24.0 Å². The average Bonchev–Trinajstić information content (AvgIpc) is 3.22. The van der Waals surface area contributed by atoms with Gasteiger partial charge in [0.05, 0.1) is 7.11 Å². The van der Waals surface area contributed by atoms with Crippen molar-refractivity contribution in [2.24, 2.45) is 10.4 Å². The zero-order valence-electron chi connectivity index (χ0n) is 18.5. The van der Waals surface area contributed by atoms with E-state index in [1.54, 1.807) is 26.3 Å². The molecule has 0 radical (unpaired) electrons. The van der Waals surface area contributed by atoms with E-state index in [1.165, 1.54) is 25.7 Å². The molecule has 1 aromatic rings. The molecule has 0 spiro atoms. The summed E-state index contributed by atoms with van der Waals surface area (Å²) in [4.78, 5) is 16.5. The number of guanidine groups is 1. The van der Waals surface area contributed by atoms with Crippen molar-refractivity contribution in [3.05, 3.63) is 29.8 Å². The largest absolute Gasteiger partial charge is 0.497 e. The molecule has 0 unspecified atom stereocenters. The van der Waals surface area contributed by atoms with Crippen molar-refractivity contribution in [3.8, 4) is 5.75 Å². The monoisotopic (exact) mass is 532 g/mol. The van der Waals surface area contributed by atoms with Crippen LogP contribution in [-0.4, -0.2) is 58.9 Å². The highest BCUT2D eigenvalue weighted by Crippen LogP contribution is 2.40. The molecule has 3 N–H and O–H groups in total. The van der Waals surface area contributed by atoms with Crippen LogP contribution in [0.3, 0.4) is 0 Å². The van der Waals surface area contributed by atoms with Crippen LogP contribution in [0.5, 0.6) is 5.75 Å². The summed E-state index contributed by atoms with van der Waals surface area (Å²) in [6, 6.07) is 7.13. The fraction of sp³-hybridized carbons (Fsp3) is 0.636. The summed E-state index contributed by atoms with van der Waals surface area (Å²) >= 11 is 0. The fourth-order valence-electron chi connectivity index (χ4n) is 3.79. The number of hydrogen-bond donors (Lipinski definition) is 3. The smallest absolute Gasteiger partial charge is 0.251 e. The highest BCUT2D eigenvalue weighted by molar-refractivity contribution is 14.0. The predicted molar refractivity (Wildman–Crippen MR) is 132 cm³/mol. The van der Waals surface area contributed by atoms with Gasteiger partial charge in [-0.1, -0.05) is 18.9 Å². The van der Waals surface area contributed by atoms with Crippen molar-refractivity contribution < 1.29 is 14.3 Å². The van der Waals surface area contributed by atoms with Crippen molar-refractivity contribution >= 4 is 35.8 Å². The van der Waals surface area contributed by atoms with E-state index < -0.39 is 0 Å². The van der Waals surface area contributed by atoms with E-state index in [4.69, 9.17) is 9.47 Å². The number of aliphatic imine (C=N–C) groups is 1. The molecule has 8 heteroatoms. The van der Waals surface area contributed by atoms with Crippen molar-refractivity contribution in [1.29, 1.82) is 0 Å². The fourth-order valence-corrected chi connectivity index (χ4v) is 3.79. The second-order valence-electron chi connectivity index (χ2n) is 7.49. The second kappa shape index (κ2) is 14.5. The van der Waals surface area contributed by atoms with E-state index in [-0.39, 0.29) is 29.9 Å². The molecule has 7 nitrogen and oxygen atoms in total. The van der Waals surface area contributed by atoms with Crippen LogP contribution in [0.25, 0.3) is 0 Å². The molecule has 1 fully saturated rings. The van der Waals surface area contributed by atoms with E-state index in [0.717, 1.165) is 32.1 Å². The maximum Gasteiger partial charge on any atom is 0.251 e. The third-order valence-electron chi connectivity index (χ3n) is 5.53. The normalized spacial score (nSPS) is 15.2. The standard InChI is InChI=1S/C22H36N4O3.HI/c1-4-29-15-12-22(10-5-6-11-22)17-26-21(23-2)25-14-13-24-20(27)18-8-7-9-19(16-18)28-3;/h7-9,16H,4-6,10-15,17H2,1-3H3,(H,24,27)(H2,23,25,26);1H. The summed E-state index contributed by atoms with van der Waals surface area (Å²) in [6.07, 6.45) is 6.13. The first-order chi connectivity index (χ1) is 14.1. The number of carbonyl (C=O) groups excluding carboxylic acids is 1. The highest BCUT2D eigenvalue weighted by atomic mass is 127. The molecule has 1 aliphatic rings. The van der Waals surface area contributed by atoms with Crippen molar-refractivity contribution in [3.63, 3.8) is 0 Å². The maximum absolute atomic E-state index is 12.2. The van der Waals surface area contributed by atoms with Crippen molar-refractivity contribution in [2.75, 3.05) is 47.0 Å². The topological polar surface area (TPSA) is 84.0 Å². The molecule has 0 bridgehead atoms. The molecule has 0 atom stereocenters. The Morgan fingerprint density at radius 1 is 1.17 bits per heavy atom. The van der Waals surface area contributed by atoms with Gasteiger partial charge >= 0.3 is 0 Å². The molecule has 0 aliphatic heterocycles. The number of nitrogens with one attached hydrogen (secondary N) is 3. The van der Waals surface area contributed by atoms with Crippen LogP contribution in [0.1, 0.15) is 49.4 Å². The average molecular weight is 532 g/mol. The van der Waals surface area contributed by atoms with Crippen LogP contribution in [0.4, 0.5) is 0 Å². The van der Waals surface area contributed by atoms with Gasteiger partial charge in [0.1, 0.15) is 5.75 Å². The van der Waals surface area contributed by atoms with Crippen LogP contribution in [0.2, 0.25) is 0 Å². The Balaban J connectivity index is 0.00000450. The molecule has 0 aromatic heterocycles. The Kier molecular flexibility index (Phi) is 12.8. The molecule has 0 saturated heterocycles. The van der Waals surface area contributed by atoms with E-state index >= 15 is 0 Å². The molecule has 30 heavy (non-hydrogen) atoms. The van der Waals surface area contributed by atoms with Gasteiger partial charge in [-0.25, -0.2) is 0 Å². The van der Waals surface area contributed by atoms with Gasteiger partial charge in [-0.15, -0.1) is 24.0 Å². The Hall–Kier alpha value is -1.55. The lowest BCUT2D eigenvalue weighted by atomic mass is 9.83. The van der Waals surface area contributed by atoms with Gasteiger partial charge in [0.15, 0.2) is 5.96 Å². The van der Waals surface area contributed by atoms with Crippen molar-refractivity contribution in [1.82, 2.24) is 16.0 Å². The van der Waals surface area contributed by atoms with Crippen LogP contribution in [0, 0.1) is 5.41 Å². The Labute approximate surface area is 197 Å². The zero-order chi connectivity index (χ0) is 21.0. The number of amides is 1. The molecule has 1 aromatic carbocycles. The molecule has 0 heterocycles. The molecule has 1 saturated carbocycles. The number of hydrogen-bond acceptors (Lipinski definition) is 4. The molecule has 1 amide bonds. The van der Waals surface area contributed by atoms with Crippen molar-refractivity contribution in [2.45, 2.75) is 39.0 Å². The molecular weight excluding hydrogens is 495 g/mol. The quantitative estimate of drug-likeness (QED) is 0.177. The summed E-state index contributed by atoms with van der Waals surface area (Å²) in [7, 11) is 3.36. The molecule has 1 aliphatic carbocycles. The van der Waals surface area contributed by atoms with Gasteiger partial charge in [-0.3, -0.25) is 9.79 Å². The lowest BCUT2D eigenvalue weighted by Gasteiger charge is -2.30. The minimum atomic E-state index is -0.116. The molecule has 2 rings (SSSR count). The first kappa shape index (κ1) is 26.5. The van der Waals surface area contributed by atoms with Crippen LogP contribution in [0.15, 0.2) is 29.3 Å². The number of halogens is 1. The maximum atomic E-state index is 12.2. The SMILES string of the molecule is CCOCCC1(CNC(=NC)NCCNC(=O)c2cccc(OC)c2)CCCC1.I. The number of benzene rings is 1. The third kappa shape index (κ3) is 8.67. The minimum absolute atomic E-state index is 0. The molecule has 170 valence electrons. The number of methoxy groups -OCH3 is 1. The summed E-state index contributed by atoms with van der Waals surface area (Å²) < 4.78 is 10.7. The first-order valence-electron chi connectivity index (χ1n) is 10.6. The van der Waals surface area contributed by atoms with Crippen LogP contribution in [-0.2, 0) is 4.74 Å². The van der Waals surface area contributed by atoms with Gasteiger partial charge in [0, 0.05) is 45.5 Å². The second-order valence-corrected chi connectivity index (χ2v) is 7.49. The number of carbonyl (C=O) groups is 1.